The van der Waals surface area contributed by atoms with Gasteiger partial charge >= 0.3 is 0 Å². The van der Waals surface area contributed by atoms with E-state index in [1.165, 1.54) is 5.56 Å². The van der Waals surface area contributed by atoms with E-state index in [0.29, 0.717) is 23.9 Å². The minimum absolute atomic E-state index is 0.0672. The molecule has 1 aromatic rings. The molecule has 3 nitrogen and oxygen atoms in total. The van der Waals surface area contributed by atoms with Crippen molar-refractivity contribution in [3.05, 3.63) is 35.9 Å². The summed E-state index contributed by atoms with van der Waals surface area (Å²) in [6.45, 7) is 4.44. The molecule has 1 amide bonds. The second-order valence-corrected chi connectivity index (χ2v) is 7.71. The molecule has 0 aromatic heterocycles. The summed E-state index contributed by atoms with van der Waals surface area (Å²) in [6, 6.07) is 11.2. The summed E-state index contributed by atoms with van der Waals surface area (Å²) in [6.07, 6.45) is 4.18. The molecule has 3 heteroatoms. The van der Waals surface area contributed by atoms with Crippen molar-refractivity contribution >= 4 is 5.91 Å². The van der Waals surface area contributed by atoms with Gasteiger partial charge in [-0.15, -0.1) is 0 Å². The van der Waals surface area contributed by atoms with Gasteiger partial charge in [0.1, 0.15) is 0 Å². The standard InChI is InChI=1S/C19H28N2O/c1-19(2)16(13-7-5-4-6-8-13)17(19)18(22)21(3)15-11-9-14(20)10-12-15/h4-8,14-17H,9-12,20H2,1-3H3/t14?,15?,16-,17+/m1/s1. The lowest BCUT2D eigenvalue weighted by molar-refractivity contribution is -0.134. The molecule has 0 heterocycles. The maximum Gasteiger partial charge on any atom is 0.226 e. The monoisotopic (exact) mass is 300 g/mol. The van der Waals surface area contributed by atoms with E-state index in [9.17, 15) is 4.79 Å². The van der Waals surface area contributed by atoms with Crippen LogP contribution in [0.25, 0.3) is 0 Å². The van der Waals surface area contributed by atoms with Gasteiger partial charge in [-0.25, -0.2) is 0 Å². The first-order valence-electron chi connectivity index (χ1n) is 8.50. The Morgan fingerprint density at radius 1 is 1.14 bits per heavy atom. The molecule has 22 heavy (non-hydrogen) atoms. The van der Waals surface area contributed by atoms with Gasteiger partial charge in [0.25, 0.3) is 0 Å². The quantitative estimate of drug-likeness (QED) is 0.932. The van der Waals surface area contributed by atoms with Crippen LogP contribution in [0.4, 0.5) is 0 Å². The molecule has 0 radical (unpaired) electrons. The fraction of sp³-hybridized carbons (Fsp3) is 0.632. The number of hydrogen-bond acceptors (Lipinski definition) is 2. The Hall–Kier alpha value is -1.35. The van der Waals surface area contributed by atoms with Crippen molar-refractivity contribution in [3.63, 3.8) is 0 Å². The maximum atomic E-state index is 13.0. The smallest absolute Gasteiger partial charge is 0.226 e. The van der Waals surface area contributed by atoms with Crippen LogP contribution >= 0.6 is 0 Å². The largest absolute Gasteiger partial charge is 0.342 e. The van der Waals surface area contributed by atoms with Crippen LogP contribution < -0.4 is 5.73 Å². The van der Waals surface area contributed by atoms with Crippen molar-refractivity contribution in [1.29, 1.82) is 0 Å². The van der Waals surface area contributed by atoms with Gasteiger partial charge in [-0.3, -0.25) is 4.79 Å². The summed E-state index contributed by atoms with van der Waals surface area (Å²) in [5, 5.41) is 0. The third kappa shape index (κ3) is 2.67. The van der Waals surface area contributed by atoms with E-state index in [0.717, 1.165) is 25.7 Å². The van der Waals surface area contributed by atoms with E-state index in [1.54, 1.807) is 0 Å². The van der Waals surface area contributed by atoms with Crippen LogP contribution in [0.3, 0.4) is 0 Å². The van der Waals surface area contributed by atoms with E-state index >= 15 is 0 Å². The first kappa shape index (κ1) is 15.5. The van der Waals surface area contributed by atoms with Gasteiger partial charge < -0.3 is 10.6 Å². The van der Waals surface area contributed by atoms with Crippen molar-refractivity contribution in [3.8, 4) is 0 Å². The first-order chi connectivity index (χ1) is 10.4. The lowest BCUT2D eigenvalue weighted by atomic mass is 9.90. The molecule has 0 spiro atoms. The molecule has 3 rings (SSSR count). The number of carbonyl (C=O) groups is 1. The van der Waals surface area contributed by atoms with E-state index in [1.807, 2.05) is 18.0 Å². The number of nitrogens with zero attached hydrogens (tertiary/aromatic N) is 1. The molecule has 2 fully saturated rings. The second-order valence-electron chi connectivity index (χ2n) is 7.71. The highest BCUT2D eigenvalue weighted by atomic mass is 16.2. The molecule has 2 atom stereocenters. The number of nitrogens with two attached hydrogens (primary N) is 1. The Morgan fingerprint density at radius 2 is 1.73 bits per heavy atom. The number of rotatable bonds is 3. The fourth-order valence-electron chi connectivity index (χ4n) is 4.27. The van der Waals surface area contributed by atoms with Crippen molar-refractivity contribution in [2.45, 2.75) is 57.5 Å². The summed E-state index contributed by atoms with van der Waals surface area (Å²) in [5.74, 6) is 0.796. The molecule has 2 aliphatic carbocycles. The Bertz CT molecular complexity index is 532. The molecule has 120 valence electrons. The number of benzene rings is 1. The van der Waals surface area contributed by atoms with Gasteiger partial charge in [0.2, 0.25) is 5.91 Å². The number of carbonyl (C=O) groups excluding carboxylic acids is 1. The minimum atomic E-state index is 0.0672. The normalized spacial score (nSPS) is 33.3. The van der Waals surface area contributed by atoms with Crippen LogP contribution in [0.1, 0.15) is 51.0 Å². The molecule has 2 aliphatic rings. The molecule has 0 aliphatic heterocycles. The van der Waals surface area contributed by atoms with Gasteiger partial charge in [-0.1, -0.05) is 44.2 Å². The molecule has 0 saturated heterocycles. The zero-order valence-corrected chi connectivity index (χ0v) is 14.0. The van der Waals surface area contributed by atoms with Gasteiger partial charge in [0.05, 0.1) is 5.92 Å². The Labute approximate surface area is 133 Å². The van der Waals surface area contributed by atoms with E-state index in [-0.39, 0.29) is 11.3 Å². The number of amides is 1. The van der Waals surface area contributed by atoms with Gasteiger partial charge in [0.15, 0.2) is 0 Å². The molecule has 2 N–H and O–H groups in total. The van der Waals surface area contributed by atoms with E-state index < -0.39 is 0 Å². The zero-order valence-electron chi connectivity index (χ0n) is 14.0. The molecular formula is C19H28N2O. The predicted molar refractivity (Wildman–Crippen MR) is 89.5 cm³/mol. The number of hydrogen-bond donors (Lipinski definition) is 1. The SMILES string of the molecule is CN(C(=O)[C@@H]1[C@@H](c2ccccc2)C1(C)C)C1CCC(N)CC1. The van der Waals surface area contributed by atoms with Crippen LogP contribution in [0.15, 0.2) is 30.3 Å². The molecule has 0 unspecified atom stereocenters. The highest BCUT2D eigenvalue weighted by Crippen LogP contribution is 2.65. The zero-order chi connectivity index (χ0) is 15.9. The summed E-state index contributed by atoms with van der Waals surface area (Å²) in [7, 11) is 1.99. The average molecular weight is 300 g/mol. The average Bonchev–Trinajstić information content (AvgIpc) is 3.10. The highest BCUT2D eigenvalue weighted by molar-refractivity contribution is 5.85. The van der Waals surface area contributed by atoms with E-state index in [4.69, 9.17) is 5.73 Å². The van der Waals surface area contributed by atoms with Gasteiger partial charge in [0, 0.05) is 25.0 Å². The van der Waals surface area contributed by atoms with Crippen LogP contribution in [0.5, 0.6) is 0 Å². The predicted octanol–water partition coefficient (Wildman–Crippen LogP) is 3.15. The van der Waals surface area contributed by atoms with Gasteiger partial charge in [-0.05, 0) is 36.7 Å². The topological polar surface area (TPSA) is 46.3 Å². The fourth-order valence-corrected chi connectivity index (χ4v) is 4.27. The maximum absolute atomic E-state index is 13.0. The first-order valence-corrected chi connectivity index (χ1v) is 8.50. The highest BCUT2D eigenvalue weighted by Gasteiger charge is 2.63. The van der Waals surface area contributed by atoms with Crippen molar-refractivity contribution < 1.29 is 4.79 Å². The van der Waals surface area contributed by atoms with Crippen molar-refractivity contribution in [2.24, 2.45) is 17.1 Å². The molecule has 2 saturated carbocycles. The summed E-state index contributed by atoms with van der Waals surface area (Å²) >= 11 is 0. The van der Waals surface area contributed by atoms with Crippen molar-refractivity contribution in [1.82, 2.24) is 4.90 Å². The lowest BCUT2D eigenvalue weighted by Crippen LogP contribution is -2.43. The van der Waals surface area contributed by atoms with Gasteiger partial charge in [-0.2, -0.15) is 0 Å². The van der Waals surface area contributed by atoms with Crippen LogP contribution in [-0.4, -0.2) is 29.9 Å². The van der Waals surface area contributed by atoms with E-state index in [2.05, 4.69) is 38.1 Å². The third-order valence-electron chi connectivity index (χ3n) is 5.89. The van der Waals surface area contributed by atoms with Crippen molar-refractivity contribution in [2.75, 3.05) is 7.05 Å². The Balaban J connectivity index is 1.70. The molecule has 0 bridgehead atoms. The summed E-state index contributed by atoms with van der Waals surface area (Å²) < 4.78 is 0. The minimum Gasteiger partial charge on any atom is -0.342 e. The second kappa shape index (κ2) is 5.69. The Morgan fingerprint density at radius 3 is 2.32 bits per heavy atom. The summed E-state index contributed by atoms with van der Waals surface area (Å²) in [5.41, 5.74) is 7.35. The third-order valence-corrected chi connectivity index (χ3v) is 5.89. The van der Waals surface area contributed by atoms with Crippen LogP contribution in [0, 0.1) is 11.3 Å². The molecule has 1 aromatic carbocycles. The lowest BCUT2D eigenvalue weighted by Gasteiger charge is -2.34. The summed E-state index contributed by atoms with van der Waals surface area (Å²) in [4.78, 5) is 15.0. The van der Waals surface area contributed by atoms with Crippen LogP contribution in [0.2, 0.25) is 0 Å². The molecular weight excluding hydrogens is 272 g/mol. The van der Waals surface area contributed by atoms with Crippen LogP contribution in [-0.2, 0) is 4.79 Å². The Kier molecular flexibility index (Phi) is 4.02.